The Morgan fingerprint density at radius 1 is 1.00 bits per heavy atom. The van der Waals surface area contributed by atoms with Crippen molar-refractivity contribution in [3.8, 4) is 5.75 Å². The zero-order chi connectivity index (χ0) is 33.6. The van der Waals surface area contributed by atoms with Crippen molar-refractivity contribution in [3.05, 3.63) is 114 Å². The number of anilines is 1. The van der Waals surface area contributed by atoms with E-state index >= 15 is 0 Å². The molecule has 2 saturated carbocycles. The standard InChI is InChI=1S/C34H26F3N3O6S2/c1-15-6-8-16(9-7-15)14-46-23-11-10-17(40(44)45)12-18(23)24-25-19-13-20(28(25)47-30-29(24)48-33(43)38-30)27-26(19)31(41)39(32(27)42)22-5-3-2-4-21(22)34(35,36)37/h2-12,19-20,24-28H,13-14H2,1H3,(H,38,43)/t19-,20-,24?,25?,26?,27?,28?/m1/s1. The van der Waals surface area contributed by atoms with Crippen LogP contribution in [0.1, 0.15) is 39.5 Å². The van der Waals surface area contributed by atoms with E-state index in [1.807, 2.05) is 31.2 Å². The summed E-state index contributed by atoms with van der Waals surface area (Å²) in [5.41, 5.74) is 0.736. The summed E-state index contributed by atoms with van der Waals surface area (Å²) in [5, 5.41) is 12.3. The van der Waals surface area contributed by atoms with Gasteiger partial charge in [0.1, 0.15) is 12.4 Å². The van der Waals surface area contributed by atoms with Crippen molar-refractivity contribution in [2.75, 3.05) is 4.90 Å². The number of non-ortho nitro benzene ring substituents is 1. The Hall–Kier alpha value is -4.43. The number of aromatic nitrogens is 1. The van der Waals surface area contributed by atoms with E-state index in [9.17, 15) is 37.7 Å². The van der Waals surface area contributed by atoms with E-state index in [2.05, 4.69) is 4.98 Å². The number of fused-ring (bicyclic) bond motifs is 9. The molecule has 5 unspecified atom stereocenters. The minimum atomic E-state index is -4.78. The molecule has 9 nitrogen and oxygen atoms in total. The number of ether oxygens (including phenoxy) is 1. The predicted octanol–water partition coefficient (Wildman–Crippen LogP) is 6.93. The Morgan fingerprint density at radius 3 is 2.42 bits per heavy atom. The number of nitrogens with one attached hydrogen (secondary N) is 1. The van der Waals surface area contributed by atoms with Gasteiger partial charge in [0.05, 0.1) is 33.0 Å². The predicted molar refractivity (Wildman–Crippen MR) is 171 cm³/mol. The third kappa shape index (κ3) is 4.71. The minimum Gasteiger partial charge on any atom is -0.489 e. The molecule has 14 heteroatoms. The number of benzene rings is 3. The summed E-state index contributed by atoms with van der Waals surface area (Å²) in [5.74, 6) is -4.32. The number of amides is 2. The van der Waals surface area contributed by atoms with Crippen molar-refractivity contribution in [1.29, 1.82) is 0 Å². The Kier molecular flexibility index (Phi) is 7.11. The number of carbonyl (C=O) groups excluding carboxylic acids is 2. The maximum atomic E-state index is 14.1. The number of halogens is 3. The van der Waals surface area contributed by atoms with Crippen LogP contribution in [0.3, 0.4) is 0 Å². The molecule has 1 aromatic heterocycles. The van der Waals surface area contributed by atoms with Crippen LogP contribution in [-0.2, 0) is 22.4 Å². The summed E-state index contributed by atoms with van der Waals surface area (Å²) < 4.78 is 48.3. The molecule has 3 aromatic carbocycles. The second-order valence-electron chi connectivity index (χ2n) is 12.7. The highest BCUT2D eigenvalue weighted by Crippen LogP contribution is 2.69. The molecule has 1 saturated heterocycles. The van der Waals surface area contributed by atoms with Gasteiger partial charge >= 0.3 is 11.0 Å². The molecule has 7 atom stereocenters. The Morgan fingerprint density at radius 2 is 1.71 bits per heavy atom. The first-order chi connectivity index (χ1) is 22.9. The SMILES string of the molecule is Cc1ccc(COc2ccc([N+](=O)[O-])cc2C2c3sc(=O)[nH]c3SC3C2[C@H]2C[C@@H]3C3C(=O)N(c4ccccc4C(F)(F)F)C(=O)C32)cc1. The number of H-pyrrole nitrogens is 1. The lowest BCUT2D eigenvalue weighted by atomic mass is 9.68. The number of aryl methyl sites for hydroxylation is 1. The molecule has 246 valence electrons. The third-order valence-electron chi connectivity index (χ3n) is 10.2. The number of imide groups is 1. The van der Waals surface area contributed by atoms with Gasteiger partial charge in [-0.1, -0.05) is 53.3 Å². The zero-order valence-electron chi connectivity index (χ0n) is 25.1. The molecular weight excluding hydrogens is 668 g/mol. The van der Waals surface area contributed by atoms with Gasteiger partial charge < -0.3 is 9.72 Å². The van der Waals surface area contributed by atoms with Crippen LogP contribution in [0.15, 0.2) is 76.6 Å². The van der Waals surface area contributed by atoms with Gasteiger partial charge in [0, 0.05) is 33.7 Å². The van der Waals surface area contributed by atoms with Crippen molar-refractivity contribution < 1.29 is 32.4 Å². The average Bonchev–Trinajstić information content (AvgIpc) is 3.79. The summed E-state index contributed by atoms with van der Waals surface area (Å²) in [6.07, 6.45) is -4.28. The Labute approximate surface area is 279 Å². The second kappa shape index (κ2) is 11.1. The van der Waals surface area contributed by atoms with Crippen LogP contribution in [0.25, 0.3) is 0 Å². The van der Waals surface area contributed by atoms with E-state index in [4.69, 9.17) is 4.74 Å². The second-order valence-corrected chi connectivity index (χ2v) is 14.9. The summed E-state index contributed by atoms with van der Waals surface area (Å²) in [6.45, 7) is 2.14. The summed E-state index contributed by atoms with van der Waals surface area (Å²) in [7, 11) is 0. The molecule has 1 N–H and O–H groups in total. The highest BCUT2D eigenvalue weighted by atomic mass is 32.2. The topological polar surface area (TPSA) is 123 Å². The van der Waals surface area contributed by atoms with Gasteiger partial charge in [-0.3, -0.25) is 24.5 Å². The molecule has 8 rings (SSSR count). The van der Waals surface area contributed by atoms with Crippen molar-refractivity contribution in [2.45, 2.75) is 42.3 Å². The number of thiazole rings is 1. The lowest BCUT2D eigenvalue weighted by molar-refractivity contribution is -0.385. The normalized spacial score (nSPS) is 27.2. The highest BCUT2D eigenvalue weighted by Gasteiger charge is 2.70. The molecule has 0 radical (unpaired) electrons. The van der Waals surface area contributed by atoms with Crippen LogP contribution < -0.4 is 14.5 Å². The number of carbonyl (C=O) groups is 2. The minimum absolute atomic E-state index is 0.171. The molecule has 2 aliphatic carbocycles. The fourth-order valence-corrected chi connectivity index (χ4v) is 11.3. The van der Waals surface area contributed by atoms with Gasteiger partial charge in [-0.05, 0) is 54.9 Å². The van der Waals surface area contributed by atoms with Crippen LogP contribution in [0.2, 0.25) is 0 Å². The molecule has 4 aromatic rings. The van der Waals surface area contributed by atoms with Crippen LogP contribution in [0.5, 0.6) is 5.75 Å². The van der Waals surface area contributed by atoms with Crippen molar-refractivity contribution in [2.24, 2.45) is 29.6 Å². The number of nitrogens with zero attached hydrogens (tertiary/aromatic N) is 2. The van der Waals surface area contributed by atoms with Gasteiger partial charge in [0.2, 0.25) is 11.8 Å². The van der Waals surface area contributed by atoms with E-state index in [0.717, 1.165) is 39.5 Å². The molecule has 3 fully saturated rings. The van der Waals surface area contributed by atoms with E-state index in [1.165, 1.54) is 36.0 Å². The van der Waals surface area contributed by atoms with Gasteiger partial charge in [0.25, 0.3) is 5.69 Å². The number of nitro benzene ring substituents is 1. The lowest BCUT2D eigenvalue weighted by Gasteiger charge is -2.43. The van der Waals surface area contributed by atoms with Gasteiger partial charge in [-0.15, -0.1) is 11.8 Å². The quantitative estimate of drug-likeness (QED) is 0.132. The number of aromatic amines is 1. The maximum Gasteiger partial charge on any atom is 0.418 e. The number of alkyl halides is 3. The largest absolute Gasteiger partial charge is 0.489 e. The van der Waals surface area contributed by atoms with E-state index in [-0.39, 0.29) is 34.3 Å². The maximum absolute atomic E-state index is 14.1. The molecule has 3 heterocycles. The van der Waals surface area contributed by atoms with Crippen LogP contribution in [0, 0.1) is 46.6 Å². The molecule has 2 bridgehead atoms. The van der Waals surface area contributed by atoms with Crippen LogP contribution in [-0.4, -0.2) is 27.0 Å². The first kappa shape index (κ1) is 30.9. The highest BCUT2D eigenvalue weighted by molar-refractivity contribution is 8.00. The van der Waals surface area contributed by atoms with Crippen molar-refractivity contribution in [1.82, 2.24) is 4.98 Å². The number of thioether (sulfide) groups is 1. The van der Waals surface area contributed by atoms with E-state index in [1.54, 1.807) is 6.07 Å². The van der Waals surface area contributed by atoms with E-state index in [0.29, 0.717) is 27.6 Å². The molecular formula is C34H26F3N3O6S2. The third-order valence-corrected chi connectivity index (χ3v) is 12.8. The summed E-state index contributed by atoms with van der Waals surface area (Å²) >= 11 is 2.41. The van der Waals surface area contributed by atoms with Gasteiger partial charge in [0.15, 0.2) is 0 Å². The van der Waals surface area contributed by atoms with E-state index < -0.39 is 57.8 Å². The zero-order valence-corrected chi connectivity index (χ0v) is 26.7. The fourth-order valence-electron chi connectivity index (χ4n) is 8.38. The summed E-state index contributed by atoms with van der Waals surface area (Å²) in [6, 6.07) is 16.7. The molecule has 48 heavy (non-hydrogen) atoms. The van der Waals surface area contributed by atoms with Gasteiger partial charge in [-0.25, -0.2) is 4.90 Å². The Balaban J connectivity index is 1.22. The fraction of sp³-hybridized carbons (Fsp3) is 0.324. The average molecular weight is 694 g/mol. The Bertz CT molecular complexity index is 2060. The van der Waals surface area contributed by atoms with Crippen molar-refractivity contribution in [3.63, 3.8) is 0 Å². The molecule has 2 amide bonds. The van der Waals surface area contributed by atoms with Gasteiger partial charge in [-0.2, -0.15) is 13.2 Å². The lowest BCUT2D eigenvalue weighted by Crippen LogP contribution is -2.42. The molecule has 4 aliphatic rings. The monoisotopic (exact) mass is 693 g/mol. The number of hydrogen-bond acceptors (Lipinski definition) is 8. The number of rotatable bonds is 6. The number of nitro groups is 1. The molecule has 0 spiro atoms. The number of hydrogen-bond donors (Lipinski definition) is 1. The van der Waals surface area contributed by atoms with Crippen molar-refractivity contribution >= 4 is 46.3 Å². The van der Waals surface area contributed by atoms with Crippen LogP contribution in [0.4, 0.5) is 24.5 Å². The smallest absolute Gasteiger partial charge is 0.418 e. The first-order valence-corrected chi connectivity index (χ1v) is 17.0. The number of para-hydroxylation sites is 1. The summed E-state index contributed by atoms with van der Waals surface area (Å²) in [4.78, 5) is 56.2. The first-order valence-electron chi connectivity index (χ1n) is 15.3. The van der Waals surface area contributed by atoms with Crippen LogP contribution >= 0.6 is 23.1 Å². The molecule has 2 aliphatic heterocycles.